The lowest BCUT2D eigenvalue weighted by Gasteiger charge is -2.19. The number of carbonyl (C=O) groups is 1. The molecule has 0 saturated heterocycles. The highest BCUT2D eigenvalue weighted by Gasteiger charge is 2.18. The maximum atomic E-state index is 12.9. The van der Waals surface area contributed by atoms with Gasteiger partial charge in [0.2, 0.25) is 0 Å². The van der Waals surface area contributed by atoms with Crippen LogP contribution in [0.4, 0.5) is 4.39 Å². The number of aryl methyl sites for hydroxylation is 1. The Morgan fingerprint density at radius 3 is 2.54 bits per heavy atom. The number of benzene rings is 2. The third-order valence-corrected chi connectivity index (χ3v) is 4.11. The van der Waals surface area contributed by atoms with Gasteiger partial charge < -0.3 is 10.1 Å². The Bertz CT molecular complexity index is 683. The molecule has 2 aromatic carbocycles. The van der Waals surface area contributed by atoms with Gasteiger partial charge >= 0.3 is 0 Å². The molecule has 2 rings (SSSR count). The lowest BCUT2D eigenvalue weighted by atomic mass is 10.1. The molecule has 2 aromatic rings. The second-order valence-corrected chi connectivity index (χ2v) is 5.88. The van der Waals surface area contributed by atoms with E-state index in [2.05, 4.69) is 5.32 Å². The fraction of sp³-hybridized carbons (Fsp3) is 0.350. The second-order valence-electron chi connectivity index (χ2n) is 5.88. The summed E-state index contributed by atoms with van der Waals surface area (Å²) < 4.78 is 18.8. The molecule has 128 valence electrons. The van der Waals surface area contributed by atoms with E-state index in [4.69, 9.17) is 4.74 Å². The maximum Gasteiger partial charge on any atom is 0.261 e. The largest absolute Gasteiger partial charge is 0.480 e. The van der Waals surface area contributed by atoms with Crippen molar-refractivity contribution < 1.29 is 13.9 Å². The van der Waals surface area contributed by atoms with E-state index in [0.29, 0.717) is 19.4 Å². The first-order valence-electron chi connectivity index (χ1n) is 8.26. The molecular weight excluding hydrogens is 305 g/mol. The molecule has 0 unspecified atom stereocenters. The van der Waals surface area contributed by atoms with Gasteiger partial charge in [0.25, 0.3) is 5.91 Å². The second kappa shape index (κ2) is 8.48. The predicted octanol–water partition coefficient (Wildman–Crippen LogP) is 3.96. The molecule has 0 fully saturated rings. The van der Waals surface area contributed by atoms with Gasteiger partial charge in [-0.2, -0.15) is 0 Å². The van der Waals surface area contributed by atoms with Crippen molar-refractivity contribution in [3.8, 4) is 5.75 Å². The van der Waals surface area contributed by atoms with E-state index < -0.39 is 6.10 Å². The zero-order valence-corrected chi connectivity index (χ0v) is 14.4. The summed E-state index contributed by atoms with van der Waals surface area (Å²) in [6.45, 7) is 6.43. The molecule has 1 N–H and O–H groups in total. The first-order chi connectivity index (χ1) is 11.5. The molecule has 0 saturated carbocycles. The topological polar surface area (TPSA) is 38.3 Å². The maximum absolute atomic E-state index is 12.9. The molecule has 0 radical (unpaired) electrons. The Hall–Kier alpha value is -2.36. The summed E-state index contributed by atoms with van der Waals surface area (Å²) in [7, 11) is 0. The van der Waals surface area contributed by atoms with Crippen molar-refractivity contribution in [2.45, 2.75) is 39.7 Å². The number of nitrogens with one attached hydrogen (secondary N) is 1. The zero-order valence-electron chi connectivity index (χ0n) is 14.4. The van der Waals surface area contributed by atoms with Crippen molar-refractivity contribution >= 4 is 5.91 Å². The zero-order chi connectivity index (χ0) is 17.5. The first kappa shape index (κ1) is 18.0. The van der Waals surface area contributed by atoms with Gasteiger partial charge in [-0.3, -0.25) is 4.79 Å². The van der Waals surface area contributed by atoms with Crippen molar-refractivity contribution in [2.75, 3.05) is 6.54 Å². The van der Waals surface area contributed by atoms with Gasteiger partial charge in [-0.05, 0) is 61.6 Å². The molecule has 0 aliphatic carbocycles. The Labute approximate surface area is 142 Å². The van der Waals surface area contributed by atoms with Crippen LogP contribution in [0.25, 0.3) is 0 Å². The predicted molar refractivity (Wildman–Crippen MR) is 93.7 cm³/mol. The number of hydrogen-bond donors (Lipinski definition) is 1. The highest BCUT2D eigenvalue weighted by Crippen LogP contribution is 2.22. The lowest BCUT2D eigenvalue weighted by Crippen LogP contribution is -2.39. The van der Waals surface area contributed by atoms with Crippen molar-refractivity contribution in [3.05, 3.63) is 65.0 Å². The minimum atomic E-state index is -0.515. The van der Waals surface area contributed by atoms with Gasteiger partial charge in [0.15, 0.2) is 6.10 Å². The summed E-state index contributed by atoms with van der Waals surface area (Å²) in [5.74, 6) is 0.367. The molecule has 0 spiro atoms. The van der Waals surface area contributed by atoms with E-state index in [0.717, 1.165) is 22.4 Å². The number of amides is 1. The average molecular weight is 329 g/mol. The molecule has 1 atom stereocenters. The molecule has 4 heteroatoms. The van der Waals surface area contributed by atoms with Crippen LogP contribution in [0.15, 0.2) is 42.5 Å². The van der Waals surface area contributed by atoms with E-state index >= 15 is 0 Å². The van der Waals surface area contributed by atoms with Crippen molar-refractivity contribution in [1.82, 2.24) is 5.32 Å². The molecule has 0 aromatic heterocycles. The first-order valence-corrected chi connectivity index (χ1v) is 8.26. The van der Waals surface area contributed by atoms with Gasteiger partial charge in [0.05, 0.1) is 0 Å². The minimum absolute atomic E-state index is 0.125. The quantitative estimate of drug-likeness (QED) is 0.835. The molecular formula is C20H24FNO2. The van der Waals surface area contributed by atoms with Crippen LogP contribution in [0.5, 0.6) is 5.75 Å². The summed E-state index contributed by atoms with van der Waals surface area (Å²) in [6.07, 6.45) is 0.737. The number of hydrogen-bond acceptors (Lipinski definition) is 2. The minimum Gasteiger partial charge on any atom is -0.480 e. The normalized spacial score (nSPS) is 11.8. The average Bonchev–Trinajstić information content (AvgIpc) is 2.58. The van der Waals surface area contributed by atoms with Crippen LogP contribution in [0, 0.1) is 19.7 Å². The van der Waals surface area contributed by atoms with Gasteiger partial charge in [0, 0.05) is 6.54 Å². The fourth-order valence-corrected chi connectivity index (χ4v) is 2.42. The van der Waals surface area contributed by atoms with Gasteiger partial charge in [-0.15, -0.1) is 0 Å². The summed E-state index contributed by atoms with van der Waals surface area (Å²) in [5.41, 5.74) is 3.18. The number of rotatable bonds is 7. The van der Waals surface area contributed by atoms with Crippen LogP contribution in [-0.2, 0) is 11.2 Å². The monoisotopic (exact) mass is 329 g/mol. The van der Waals surface area contributed by atoms with Gasteiger partial charge in [0.1, 0.15) is 11.6 Å². The third kappa shape index (κ3) is 4.82. The van der Waals surface area contributed by atoms with Gasteiger partial charge in [-0.25, -0.2) is 4.39 Å². The van der Waals surface area contributed by atoms with E-state index in [1.165, 1.54) is 12.1 Å². The summed E-state index contributed by atoms with van der Waals surface area (Å²) in [5, 5.41) is 2.89. The third-order valence-electron chi connectivity index (χ3n) is 4.11. The molecule has 1 amide bonds. The number of ether oxygens (including phenoxy) is 1. The molecule has 0 heterocycles. The standard InChI is InChI=1S/C20H24FNO2/c1-4-18(24-19-7-5-6-14(2)15(19)3)20(23)22-13-12-16-8-10-17(21)11-9-16/h5-11,18H,4,12-13H2,1-3H3,(H,22,23)/t18-/m0/s1. The van der Waals surface area contributed by atoms with Crippen molar-refractivity contribution in [2.24, 2.45) is 0 Å². The number of carbonyl (C=O) groups excluding carboxylic acids is 1. The Morgan fingerprint density at radius 2 is 1.88 bits per heavy atom. The summed E-state index contributed by atoms with van der Waals surface area (Å²) in [6, 6.07) is 12.1. The van der Waals surface area contributed by atoms with E-state index in [1.54, 1.807) is 12.1 Å². The summed E-state index contributed by atoms with van der Waals surface area (Å²) in [4.78, 5) is 12.3. The van der Waals surface area contributed by atoms with Crippen LogP contribution >= 0.6 is 0 Å². The Morgan fingerprint density at radius 1 is 1.17 bits per heavy atom. The van der Waals surface area contributed by atoms with E-state index in [1.807, 2.05) is 39.0 Å². The summed E-state index contributed by atoms with van der Waals surface area (Å²) >= 11 is 0. The lowest BCUT2D eigenvalue weighted by molar-refractivity contribution is -0.128. The van der Waals surface area contributed by atoms with Crippen molar-refractivity contribution in [3.63, 3.8) is 0 Å². The van der Waals surface area contributed by atoms with E-state index in [-0.39, 0.29) is 11.7 Å². The molecule has 0 aliphatic heterocycles. The van der Waals surface area contributed by atoms with Crippen LogP contribution in [0.1, 0.15) is 30.0 Å². The Kier molecular flexibility index (Phi) is 6.36. The molecule has 0 aliphatic rings. The van der Waals surface area contributed by atoms with Crippen LogP contribution < -0.4 is 10.1 Å². The fourth-order valence-electron chi connectivity index (χ4n) is 2.42. The van der Waals surface area contributed by atoms with Crippen LogP contribution in [0.3, 0.4) is 0 Å². The number of halogens is 1. The SMILES string of the molecule is CC[C@H](Oc1cccc(C)c1C)C(=O)NCCc1ccc(F)cc1. The van der Waals surface area contributed by atoms with Gasteiger partial charge in [-0.1, -0.05) is 31.2 Å². The molecule has 0 bridgehead atoms. The highest BCUT2D eigenvalue weighted by atomic mass is 19.1. The van der Waals surface area contributed by atoms with Crippen LogP contribution in [0.2, 0.25) is 0 Å². The van der Waals surface area contributed by atoms with E-state index in [9.17, 15) is 9.18 Å². The molecule has 24 heavy (non-hydrogen) atoms. The smallest absolute Gasteiger partial charge is 0.261 e. The molecule has 3 nitrogen and oxygen atoms in total. The van der Waals surface area contributed by atoms with Crippen molar-refractivity contribution in [1.29, 1.82) is 0 Å². The Balaban J connectivity index is 1.89. The van der Waals surface area contributed by atoms with Crippen LogP contribution in [-0.4, -0.2) is 18.6 Å². The highest BCUT2D eigenvalue weighted by molar-refractivity contribution is 5.81.